The largest absolute Gasteiger partial charge is 0.506 e. The van der Waals surface area contributed by atoms with Gasteiger partial charge in [-0.1, -0.05) is 12.1 Å². The first-order valence-electron chi connectivity index (χ1n) is 6.94. The zero-order chi connectivity index (χ0) is 14.7. The molecule has 5 nitrogen and oxygen atoms in total. The van der Waals surface area contributed by atoms with Gasteiger partial charge in [0.2, 0.25) is 5.28 Å². The molecule has 1 N–H and O–H groups in total. The fourth-order valence-corrected chi connectivity index (χ4v) is 2.65. The highest BCUT2D eigenvalue weighted by Crippen LogP contribution is 2.27. The van der Waals surface area contributed by atoms with E-state index < -0.39 is 0 Å². The van der Waals surface area contributed by atoms with Gasteiger partial charge in [0.1, 0.15) is 5.75 Å². The molecule has 2 aromatic rings. The van der Waals surface area contributed by atoms with Crippen molar-refractivity contribution in [2.75, 3.05) is 31.1 Å². The summed E-state index contributed by atoms with van der Waals surface area (Å²) in [6.07, 6.45) is 3.54. The number of aromatic nitrogens is 2. The average molecular weight is 305 g/mol. The summed E-state index contributed by atoms with van der Waals surface area (Å²) in [6.45, 7) is 4.50. The molecule has 0 radical (unpaired) electrons. The molecule has 0 unspecified atom stereocenters. The van der Waals surface area contributed by atoms with E-state index in [4.69, 9.17) is 11.6 Å². The van der Waals surface area contributed by atoms with Gasteiger partial charge in [-0.3, -0.25) is 4.90 Å². The summed E-state index contributed by atoms with van der Waals surface area (Å²) in [5, 5.41) is 10.2. The van der Waals surface area contributed by atoms with Crippen molar-refractivity contribution in [3.05, 3.63) is 47.5 Å². The van der Waals surface area contributed by atoms with Gasteiger partial charge in [-0.25, -0.2) is 9.97 Å². The van der Waals surface area contributed by atoms with Crippen molar-refractivity contribution >= 4 is 17.3 Å². The molecule has 0 spiro atoms. The van der Waals surface area contributed by atoms with Crippen LogP contribution in [0.4, 0.5) is 5.69 Å². The predicted octanol–water partition coefficient (Wildman–Crippen LogP) is 2.16. The van der Waals surface area contributed by atoms with Gasteiger partial charge < -0.3 is 10.0 Å². The first-order valence-corrected chi connectivity index (χ1v) is 7.32. The minimum absolute atomic E-state index is 0.281. The number of rotatable bonds is 3. The summed E-state index contributed by atoms with van der Waals surface area (Å²) in [5.41, 5.74) is 1.97. The maximum Gasteiger partial charge on any atom is 0.222 e. The van der Waals surface area contributed by atoms with Crippen LogP contribution in [0, 0.1) is 0 Å². The monoisotopic (exact) mass is 304 g/mol. The normalized spacial score (nSPS) is 16.1. The van der Waals surface area contributed by atoms with Crippen LogP contribution in [-0.2, 0) is 6.54 Å². The van der Waals surface area contributed by atoms with Gasteiger partial charge in [0, 0.05) is 50.7 Å². The third kappa shape index (κ3) is 3.43. The van der Waals surface area contributed by atoms with Crippen LogP contribution < -0.4 is 4.90 Å². The average Bonchev–Trinajstić information content (AvgIpc) is 2.51. The van der Waals surface area contributed by atoms with E-state index in [9.17, 15) is 5.11 Å². The number of anilines is 1. The Morgan fingerprint density at radius 2 is 1.71 bits per heavy atom. The summed E-state index contributed by atoms with van der Waals surface area (Å²) in [7, 11) is 0. The van der Waals surface area contributed by atoms with Crippen molar-refractivity contribution in [1.82, 2.24) is 14.9 Å². The highest BCUT2D eigenvalue weighted by Gasteiger charge is 2.19. The molecular formula is C15H17ClN4O. The van der Waals surface area contributed by atoms with Crippen LogP contribution in [0.5, 0.6) is 5.75 Å². The van der Waals surface area contributed by atoms with E-state index in [1.54, 1.807) is 18.5 Å². The summed E-state index contributed by atoms with van der Waals surface area (Å²) in [5.74, 6) is 0.344. The van der Waals surface area contributed by atoms with E-state index in [-0.39, 0.29) is 5.28 Å². The lowest BCUT2D eigenvalue weighted by Crippen LogP contribution is -2.46. The lowest BCUT2D eigenvalue weighted by molar-refractivity contribution is 0.248. The number of phenols is 1. The van der Waals surface area contributed by atoms with Gasteiger partial charge in [-0.15, -0.1) is 0 Å². The summed E-state index contributed by atoms with van der Waals surface area (Å²) >= 11 is 5.69. The van der Waals surface area contributed by atoms with E-state index >= 15 is 0 Å². The molecule has 0 amide bonds. The van der Waals surface area contributed by atoms with Crippen LogP contribution in [0.1, 0.15) is 5.56 Å². The van der Waals surface area contributed by atoms with Crippen LogP contribution >= 0.6 is 11.6 Å². The second kappa shape index (κ2) is 6.28. The SMILES string of the molecule is Oc1ccccc1N1CCN(Cc2cnc(Cl)nc2)CC1. The number of hydrogen-bond acceptors (Lipinski definition) is 5. The van der Waals surface area contributed by atoms with E-state index in [2.05, 4.69) is 19.8 Å². The van der Waals surface area contributed by atoms with Crippen LogP contribution in [0.2, 0.25) is 5.28 Å². The van der Waals surface area contributed by atoms with Gasteiger partial charge in [-0.2, -0.15) is 0 Å². The topological polar surface area (TPSA) is 52.5 Å². The number of para-hydroxylation sites is 2. The van der Waals surface area contributed by atoms with Crippen LogP contribution in [-0.4, -0.2) is 46.2 Å². The van der Waals surface area contributed by atoms with Crippen LogP contribution in [0.3, 0.4) is 0 Å². The fraction of sp³-hybridized carbons (Fsp3) is 0.333. The molecule has 0 atom stereocenters. The Morgan fingerprint density at radius 3 is 2.38 bits per heavy atom. The predicted molar refractivity (Wildman–Crippen MR) is 82.6 cm³/mol. The summed E-state index contributed by atoms with van der Waals surface area (Å²) < 4.78 is 0. The molecule has 3 rings (SSSR count). The van der Waals surface area contributed by atoms with Crippen molar-refractivity contribution in [1.29, 1.82) is 0 Å². The molecule has 0 saturated carbocycles. The Kier molecular flexibility index (Phi) is 4.22. The maximum absolute atomic E-state index is 9.91. The Bertz CT molecular complexity index is 597. The molecule has 110 valence electrons. The molecule has 2 heterocycles. The Hall–Kier alpha value is -1.85. The molecule has 1 aromatic carbocycles. The zero-order valence-corrected chi connectivity index (χ0v) is 12.4. The third-order valence-corrected chi connectivity index (χ3v) is 3.87. The van der Waals surface area contributed by atoms with E-state index in [0.717, 1.165) is 44.0 Å². The van der Waals surface area contributed by atoms with E-state index in [0.29, 0.717) is 5.75 Å². The number of piperazine rings is 1. The molecule has 1 aliphatic rings. The van der Waals surface area contributed by atoms with Crippen LogP contribution in [0.25, 0.3) is 0 Å². The lowest BCUT2D eigenvalue weighted by atomic mass is 10.2. The summed E-state index contributed by atoms with van der Waals surface area (Å²) in [6, 6.07) is 7.48. The van der Waals surface area contributed by atoms with Crippen molar-refractivity contribution < 1.29 is 5.11 Å². The molecule has 0 bridgehead atoms. The number of phenolic OH excluding ortho intramolecular Hbond substituents is 1. The number of aromatic hydroxyl groups is 1. The molecular weight excluding hydrogens is 288 g/mol. The number of benzene rings is 1. The highest BCUT2D eigenvalue weighted by atomic mass is 35.5. The second-order valence-corrected chi connectivity index (χ2v) is 5.45. The van der Waals surface area contributed by atoms with Crippen molar-refractivity contribution in [3.63, 3.8) is 0 Å². The molecule has 1 aromatic heterocycles. The molecule has 0 aliphatic carbocycles. The minimum atomic E-state index is 0.281. The lowest BCUT2D eigenvalue weighted by Gasteiger charge is -2.36. The quantitative estimate of drug-likeness (QED) is 0.881. The minimum Gasteiger partial charge on any atom is -0.506 e. The number of hydrogen-bond donors (Lipinski definition) is 1. The van der Waals surface area contributed by atoms with Gasteiger partial charge in [0.15, 0.2) is 0 Å². The molecule has 1 saturated heterocycles. The van der Waals surface area contributed by atoms with Crippen LogP contribution in [0.15, 0.2) is 36.7 Å². The Balaban J connectivity index is 1.58. The Morgan fingerprint density at radius 1 is 1.05 bits per heavy atom. The number of nitrogens with zero attached hydrogens (tertiary/aromatic N) is 4. The van der Waals surface area contributed by atoms with E-state index in [1.165, 1.54) is 0 Å². The highest BCUT2D eigenvalue weighted by molar-refractivity contribution is 6.28. The number of halogens is 1. The molecule has 6 heteroatoms. The molecule has 21 heavy (non-hydrogen) atoms. The zero-order valence-electron chi connectivity index (χ0n) is 11.6. The van der Waals surface area contributed by atoms with Gasteiger partial charge in [-0.05, 0) is 23.7 Å². The standard InChI is InChI=1S/C15H17ClN4O/c16-15-17-9-12(10-18-15)11-19-5-7-20(8-6-19)13-3-1-2-4-14(13)21/h1-4,9-10,21H,5-8,11H2. The van der Waals surface area contributed by atoms with Crippen molar-refractivity contribution in [2.24, 2.45) is 0 Å². The van der Waals surface area contributed by atoms with Gasteiger partial charge in [0.05, 0.1) is 5.69 Å². The van der Waals surface area contributed by atoms with Crippen molar-refractivity contribution in [2.45, 2.75) is 6.54 Å². The molecule has 1 aliphatic heterocycles. The van der Waals surface area contributed by atoms with Gasteiger partial charge in [0.25, 0.3) is 0 Å². The molecule has 1 fully saturated rings. The second-order valence-electron chi connectivity index (χ2n) is 5.11. The Labute approximate surface area is 128 Å². The van der Waals surface area contributed by atoms with Crippen molar-refractivity contribution in [3.8, 4) is 5.75 Å². The summed E-state index contributed by atoms with van der Waals surface area (Å²) in [4.78, 5) is 12.6. The maximum atomic E-state index is 9.91. The first-order chi connectivity index (χ1) is 10.2. The fourth-order valence-electron chi connectivity index (χ4n) is 2.56. The van der Waals surface area contributed by atoms with E-state index in [1.807, 2.05) is 18.2 Å². The smallest absolute Gasteiger partial charge is 0.222 e. The van der Waals surface area contributed by atoms with Gasteiger partial charge >= 0.3 is 0 Å². The first kappa shape index (κ1) is 14.1. The third-order valence-electron chi connectivity index (χ3n) is 3.67.